The molecule has 0 saturated carbocycles. The highest BCUT2D eigenvalue weighted by atomic mass is 35.5. The Kier molecular flexibility index (Phi) is 12.4. The Hall–Kier alpha value is -4.59. The summed E-state index contributed by atoms with van der Waals surface area (Å²) in [5.41, 5.74) is -4.16. The second-order valence-electron chi connectivity index (χ2n) is 11.7. The van der Waals surface area contributed by atoms with Gasteiger partial charge in [-0.1, -0.05) is 23.7 Å². The zero-order chi connectivity index (χ0) is 37.6. The van der Waals surface area contributed by atoms with Crippen LogP contribution < -0.4 is 9.47 Å². The highest BCUT2D eigenvalue weighted by Crippen LogP contribution is 2.43. The molecule has 0 bridgehead atoms. The van der Waals surface area contributed by atoms with E-state index in [4.69, 9.17) is 16.3 Å². The molecule has 0 radical (unpaired) electrons. The Morgan fingerprint density at radius 1 is 0.863 bits per heavy atom. The van der Waals surface area contributed by atoms with Crippen molar-refractivity contribution >= 4 is 23.2 Å². The van der Waals surface area contributed by atoms with Gasteiger partial charge in [0.1, 0.15) is 28.9 Å². The lowest BCUT2D eigenvalue weighted by Gasteiger charge is -2.34. The average Bonchev–Trinajstić information content (AvgIpc) is 3.04. The maximum absolute atomic E-state index is 15.2. The number of Topliss-reactive ketones (excluding diaryl/α,β-unsaturated/α-hetero) is 2. The first-order valence-electron chi connectivity index (χ1n) is 15.3. The number of carbonyl (C=O) groups is 2. The number of hydrogen-bond acceptors (Lipinski definition) is 5. The largest absolute Gasteiger partial charge is 0.494 e. The molecule has 51 heavy (non-hydrogen) atoms. The van der Waals surface area contributed by atoms with Crippen LogP contribution in [0.3, 0.4) is 0 Å². The molecule has 0 N–H and O–H groups in total. The van der Waals surface area contributed by atoms with Crippen molar-refractivity contribution in [2.75, 3.05) is 6.61 Å². The zero-order valence-electron chi connectivity index (χ0n) is 26.7. The first-order chi connectivity index (χ1) is 23.9. The number of unbranched alkanes of at least 4 members (excludes halogenated alkanes) is 1. The predicted molar refractivity (Wildman–Crippen MR) is 169 cm³/mol. The van der Waals surface area contributed by atoms with Gasteiger partial charge < -0.3 is 14.3 Å². The van der Waals surface area contributed by atoms with E-state index in [-0.39, 0.29) is 35.1 Å². The molecule has 4 rings (SSSR count). The number of ether oxygens (including phenoxy) is 2. The van der Waals surface area contributed by atoms with Crippen LogP contribution in [0.2, 0.25) is 5.02 Å². The number of aromatic nitrogens is 1. The third-order valence-corrected chi connectivity index (χ3v) is 8.05. The summed E-state index contributed by atoms with van der Waals surface area (Å²) in [6, 6.07) is 12.5. The van der Waals surface area contributed by atoms with E-state index >= 15 is 4.39 Å². The minimum atomic E-state index is -5.17. The van der Waals surface area contributed by atoms with Crippen molar-refractivity contribution < 1.29 is 58.6 Å². The molecule has 0 aliphatic carbocycles. The molecule has 0 fully saturated rings. The number of alkyl halides is 7. The van der Waals surface area contributed by atoms with E-state index in [9.17, 15) is 44.7 Å². The Morgan fingerprint density at radius 2 is 1.57 bits per heavy atom. The third-order valence-electron chi connectivity index (χ3n) is 7.83. The lowest BCUT2D eigenvalue weighted by Crippen LogP contribution is -2.36. The fourth-order valence-electron chi connectivity index (χ4n) is 5.36. The normalized spacial score (nSPS) is 13.2. The van der Waals surface area contributed by atoms with E-state index in [1.54, 1.807) is 24.3 Å². The van der Waals surface area contributed by atoms with E-state index in [0.717, 1.165) is 24.4 Å². The highest BCUT2D eigenvalue weighted by molar-refractivity contribution is 6.30. The number of pyridine rings is 1. The van der Waals surface area contributed by atoms with Crippen LogP contribution in [0.4, 0.5) is 39.5 Å². The number of benzene rings is 3. The molecule has 1 aromatic heterocycles. The Morgan fingerprint density at radius 3 is 2.18 bits per heavy atom. The molecule has 3 aromatic carbocycles. The van der Waals surface area contributed by atoms with Crippen LogP contribution in [0.25, 0.3) is 0 Å². The SMILES string of the molecule is CC(=O)CCCCOc1ccc(C[C@](CC(=O)c2ccc(F)c(C(F)(F)F)c2)(c2cc(F)cc(OC(F)(F)C(F)F)c2)c2ccc(Cl)cn2)cc1. The van der Waals surface area contributed by atoms with Crippen LogP contribution in [0.5, 0.6) is 11.5 Å². The van der Waals surface area contributed by atoms with E-state index in [1.807, 2.05) is 0 Å². The maximum Gasteiger partial charge on any atom is 0.461 e. The van der Waals surface area contributed by atoms with Crippen LogP contribution in [0, 0.1) is 11.6 Å². The van der Waals surface area contributed by atoms with Crippen LogP contribution in [0.15, 0.2) is 79.0 Å². The summed E-state index contributed by atoms with van der Waals surface area (Å²) in [6.45, 7) is 1.76. The molecule has 4 aromatic rings. The van der Waals surface area contributed by atoms with E-state index in [2.05, 4.69) is 9.72 Å². The van der Waals surface area contributed by atoms with Gasteiger partial charge in [0.25, 0.3) is 0 Å². The molecular formula is C36H29ClF9NO4. The van der Waals surface area contributed by atoms with Gasteiger partial charge in [-0.3, -0.25) is 9.78 Å². The van der Waals surface area contributed by atoms with Crippen molar-refractivity contribution in [1.82, 2.24) is 4.98 Å². The number of carbonyl (C=O) groups excluding carboxylic acids is 2. The molecule has 0 spiro atoms. The third kappa shape index (κ3) is 10.2. The summed E-state index contributed by atoms with van der Waals surface area (Å²) >= 11 is 6.06. The molecule has 0 unspecified atom stereocenters. The van der Waals surface area contributed by atoms with Gasteiger partial charge in [-0.05, 0) is 91.9 Å². The maximum atomic E-state index is 15.2. The number of ketones is 2. The smallest absolute Gasteiger partial charge is 0.461 e. The predicted octanol–water partition coefficient (Wildman–Crippen LogP) is 10.2. The lowest BCUT2D eigenvalue weighted by atomic mass is 9.68. The summed E-state index contributed by atoms with van der Waals surface area (Å²) in [7, 11) is 0. The summed E-state index contributed by atoms with van der Waals surface area (Å²) in [4.78, 5) is 29.3. The van der Waals surface area contributed by atoms with E-state index in [0.29, 0.717) is 48.8 Å². The fourth-order valence-corrected chi connectivity index (χ4v) is 5.48. The molecule has 15 heteroatoms. The zero-order valence-corrected chi connectivity index (χ0v) is 27.4. The summed E-state index contributed by atoms with van der Waals surface area (Å²) in [5.74, 6) is -4.50. The van der Waals surface area contributed by atoms with Gasteiger partial charge in [0.15, 0.2) is 5.78 Å². The molecular weight excluding hydrogens is 717 g/mol. The van der Waals surface area contributed by atoms with Crippen molar-refractivity contribution in [2.45, 2.75) is 63.2 Å². The van der Waals surface area contributed by atoms with Gasteiger partial charge >= 0.3 is 18.7 Å². The van der Waals surface area contributed by atoms with Crippen LogP contribution >= 0.6 is 11.6 Å². The standard InChI is InChI=1S/C36H29ClF9NO4/c1-21(48)4-2-3-13-50-27-9-5-22(6-10-27)18-34(32-12-8-25(37)20-47-32,19-31(49)23-7-11-30(39)29(14-23)35(42,43)44)24-15-26(38)17-28(16-24)51-36(45,46)33(40)41/h5-12,14-17,20,33H,2-4,13,18-19H2,1H3/t34-/m0/s1. The first-order valence-corrected chi connectivity index (χ1v) is 15.7. The quantitative estimate of drug-likeness (QED) is 0.0649. The molecule has 0 saturated heterocycles. The van der Waals surface area contributed by atoms with E-state index in [1.165, 1.54) is 19.1 Å². The van der Waals surface area contributed by atoms with Gasteiger partial charge in [-0.25, -0.2) is 8.78 Å². The van der Waals surface area contributed by atoms with Crippen LogP contribution in [-0.2, 0) is 22.8 Å². The fraction of sp³-hybridized carbons (Fsp3) is 0.306. The molecule has 1 atom stereocenters. The topological polar surface area (TPSA) is 65.5 Å². The van der Waals surface area contributed by atoms with Crippen molar-refractivity contribution in [3.8, 4) is 11.5 Å². The number of halogens is 10. The minimum Gasteiger partial charge on any atom is -0.494 e. The van der Waals surface area contributed by atoms with Gasteiger partial charge in [-0.15, -0.1) is 0 Å². The van der Waals surface area contributed by atoms with Crippen LogP contribution in [0.1, 0.15) is 65.3 Å². The van der Waals surface area contributed by atoms with Gasteiger partial charge in [0.05, 0.1) is 22.9 Å². The molecule has 0 amide bonds. The lowest BCUT2D eigenvalue weighted by molar-refractivity contribution is -0.253. The van der Waals surface area contributed by atoms with Gasteiger partial charge in [0.2, 0.25) is 0 Å². The molecule has 0 aliphatic rings. The first kappa shape index (κ1) is 39.2. The summed E-state index contributed by atoms with van der Waals surface area (Å²) in [5, 5.41) is 0.108. The molecule has 272 valence electrons. The highest BCUT2D eigenvalue weighted by Gasteiger charge is 2.45. The summed E-state index contributed by atoms with van der Waals surface area (Å²) < 4.78 is 134. The number of hydrogen-bond donors (Lipinski definition) is 0. The molecule has 0 aliphatic heterocycles. The van der Waals surface area contributed by atoms with E-state index < -0.39 is 64.8 Å². The second kappa shape index (κ2) is 16.2. The van der Waals surface area contributed by atoms with Crippen molar-refractivity contribution in [3.63, 3.8) is 0 Å². The van der Waals surface area contributed by atoms with Crippen molar-refractivity contribution in [1.29, 1.82) is 0 Å². The monoisotopic (exact) mass is 745 g/mol. The Labute approximate surface area is 291 Å². The number of nitrogens with zero attached hydrogens (tertiary/aromatic N) is 1. The summed E-state index contributed by atoms with van der Waals surface area (Å²) in [6.07, 6.45) is -12.9. The average molecular weight is 746 g/mol. The van der Waals surface area contributed by atoms with Crippen LogP contribution in [-0.4, -0.2) is 35.7 Å². The van der Waals surface area contributed by atoms with Gasteiger partial charge in [-0.2, -0.15) is 30.7 Å². The second-order valence-corrected chi connectivity index (χ2v) is 12.1. The Balaban J connectivity index is 1.85. The number of rotatable bonds is 16. The van der Waals surface area contributed by atoms with Gasteiger partial charge in [0, 0.05) is 36.1 Å². The van der Waals surface area contributed by atoms with Crippen molar-refractivity contribution in [3.05, 3.63) is 124 Å². The van der Waals surface area contributed by atoms with Crippen molar-refractivity contribution in [2.24, 2.45) is 0 Å². The minimum absolute atomic E-state index is 0.0384. The molecule has 1 heterocycles. The molecule has 5 nitrogen and oxygen atoms in total. The Bertz CT molecular complexity index is 1830.